The van der Waals surface area contributed by atoms with Gasteiger partial charge in [0, 0.05) is 18.7 Å². The molecule has 1 saturated heterocycles. The van der Waals surface area contributed by atoms with Gasteiger partial charge in [0.05, 0.1) is 18.2 Å². The fourth-order valence-electron chi connectivity index (χ4n) is 4.20. The summed E-state index contributed by atoms with van der Waals surface area (Å²) < 4.78 is 19.4. The number of hydrogen-bond donors (Lipinski definition) is 1. The molecule has 1 heterocycles. The highest BCUT2D eigenvalue weighted by Gasteiger charge is 2.46. The van der Waals surface area contributed by atoms with Gasteiger partial charge < -0.3 is 19.6 Å². The summed E-state index contributed by atoms with van der Waals surface area (Å²) in [6.45, 7) is 11.5. The average Bonchev–Trinajstić information content (AvgIpc) is 3.09. The molecular formula is C28H35FN2O4. The van der Waals surface area contributed by atoms with Gasteiger partial charge in [0.2, 0.25) is 0 Å². The lowest BCUT2D eigenvalue weighted by molar-refractivity contribution is -0.140. The van der Waals surface area contributed by atoms with E-state index in [0.29, 0.717) is 36.9 Å². The van der Waals surface area contributed by atoms with Gasteiger partial charge in [0.15, 0.2) is 0 Å². The minimum Gasteiger partial charge on any atom is -0.507 e. The molecule has 1 N–H and O–H groups in total. The standard InChI is InChI=1S/C28H35FN2O4/c1-5-30(6-2)15-16-31-25(21-8-7-9-23(18-21)35-17-14-19(3)4)24(27(33)28(31)34)26(32)20-10-12-22(29)13-11-20/h7-13,18-19,25,32H,5-6,14-17H2,1-4H3/b26-24+. The number of aliphatic hydroxyl groups is 1. The van der Waals surface area contributed by atoms with E-state index < -0.39 is 23.5 Å². The van der Waals surface area contributed by atoms with Gasteiger partial charge in [0.1, 0.15) is 17.3 Å². The number of hydrogen-bond acceptors (Lipinski definition) is 5. The van der Waals surface area contributed by atoms with E-state index in [1.807, 2.05) is 38.1 Å². The van der Waals surface area contributed by atoms with E-state index >= 15 is 0 Å². The lowest BCUT2D eigenvalue weighted by Crippen LogP contribution is -2.38. The predicted molar refractivity (Wildman–Crippen MR) is 135 cm³/mol. The molecule has 188 valence electrons. The van der Waals surface area contributed by atoms with Crippen LogP contribution in [0.4, 0.5) is 4.39 Å². The van der Waals surface area contributed by atoms with Crippen LogP contribution in [0.2, 0.25) is 0 Å². The van der Waals surface area contributed by atoms with E-state index in [0.717, 1.165) is 19.5 Å². The number of carbonyl (C=O) groups excluding carboxylic acids is 2. The highest BCUT2D eigenvalue weighted by molar-refractivity contribution is 6.46. The molecule has 2 aromatic carbocycles. The summed E-state index contributed by atoms with van der Waals surface area (Å²) in [5.41, 5.74) is 0.956. The monoisotopic (exact) mass is 482 g/mol. The van der Waals surface area contributed by atoms with Crippen molar-refractivity contribution >= 4 is 17.4 Å². The topological polar surface area (TPSA) is 70.1 Å². The number of likely N-dealkylation sites (tertiary alicyclic amines) is 1. The number of Topliss-reactive ketones (excluding diaryl/α,β-unsaturated/α-hetero) is 1. The van der Waals surface area contributed by atoms with Gasteiger partial charge in [-0.1, -0.05) is 39.8 Å². The van der Waals surface area contributed by atoms with E-state index in [4.69, 9.17) is 4.74 Å². The lowest BCUT2D eigenvalue weighted by atomic mass is 9.95. The van der Waals surface area contributed by atoms with Crippen molar-refractivity contribution in [2.45, 2.75) is 40.2 Å². The van der Waals surface area contributed by atoms with Crippen LogP contribution in [0.1, 0.15) is 51.3 Å². The number of halogens is 1. The molecule has 2 aromatic rings. The van der Waals surface area contributed by atoms with Crippen molar-refractivity contribution in [3.8, 4) is 5.75 Å². The first-order valence-corrected chi connectivity index (χ1v) is 12.3. The molecule has 3 rings (SSSR count). The smallest absolute Gasteiger partial charge is 0.295 e. The molecule has 0 radical (unpaired) electrons. The maximum absolute atomic E-state index is 13.5. The van der Waals surface area contributed by atoms with Crippen LogP contribution in [0.25, 0.3) is 5.76 Å². The molecule has 35 heavy (non-hydrogen) atoms. The molecule has 1 atom stereocenters. The van der Waals surface area contributed by atoms with E-state index in [2.05, 4.69) is 18.7 Å². The van der Waals surface area contributed by atoms with Crippen molar-refractivity contribution in [2.24, 2.45) is 5.92 Å². The van der Waals surface area contributed by atoms with Crippen molar-refractivity contribution in [1.29, 1.82) is 0 Å². The van der Waals surface area contributed by atoms with Gasteiger partial charge in [-0.15, -0.1) is 0 Å². The third kappa shape index (κ3) is 6.28. The second kappa shape index (κ2) is 12.0. The Kier molecular flexibility index (Phi) is 9.04. The van der Waals surface area contributed by atoms with Crippen LogP contribution in [0.3, 0.4) is 0 Å². The minimum atomic E-state index is -0.774. The Morgan fingerprint density at radius 1 is 1.11 bits per heavy atom. The summed E-state index contributed by atoms with van der Waals surface area (Å²) in [4.78, 5) is 30.0. The highest BCUT2D eigenvalue weighted by Crippen LogP contribution is 2.40. The van der Waals surface area contributed by atoms with E-state index in [-0.39, 0.29) is 16.9 Å². The van der Waals surface area contributed by atoms with Gasteiger partial charge >= 0.3 is 0 Å². The van der Waals surface area contributed by atoms with Gasteiger partial charge in [-0.25, -0.2) is 4.39 Å². The molecule has 1 unspecified atom stereocenters. The first-order valence-electron chi connectivity index (χ1n) is 12.3. The number of carbonyl (C=O) groups is 2. The quantitative estimate of drug-likeness (QED) is 0.277. The van der Waals surface area contributed by atoms with Crippen LogP contribution in [-0.4, -0.2) is 59.4 Å². The van der Waals surface area contributed by atoms with Gasteiger partial charge in [-0.2, -0.15) is 0 Å². The number of ketones is 1. The molecule has 0 spiro atoms. The molecule has 1 aliphatic heterocycles. The maximum atomic E-state index is 13.5. The number of likely N-dealkylation sites (N-methyl/N-ethyl adjacent to an activating group) is 1. The molecule has 0 aromatic heterocycles. The molecule has 0 bridgehead atoms. The van der Waals surface area contributed by atoms with E-state index in [1.54, 1.807) is 0 Å². The van der Waals surface area contributed by atoms with Crippen molar-refractivity contribution in [1.82, 2.24) is 9.80 Å². The number of nitrogens with zero attached hydrogens (tertiary/aromatic N) is 2. The van der Waals surface area contributed by atoms with Crippen LogP contribution in [0.5, 0.6) is 5.75 Å². The second-order valence-electron chi connectivity index (χ2n) is 9.13. The SMILES string of the molecule is CCN(CC)CCN1C(=O)C(=O)/C(=C(/O)c2ccc(F)cc2)C1c1cccc(OCCC(C)C)c1. The average molecular weight is 483 g/mol. The summed E-state index contributed by atoms with van der Waals surface area (Å²) in [5, 5.41) is 11.1. The molecular weight excluding hydrogens is 447 g/mol. The molecule has 0 aliphatic carbocycles. The lowest BCUT2D eigenvalue weighted by Gasteiger charge is -2.28. The zero-order valence-corrected chi connectivity index (χ0v) is 21.0. The Bertz CT molecular complexity index is 1060. The van der Waals surface area contributed by atoms with Crippen LogP contribution in [0, 0.1) is 11.7 Å². The highest BCUT2D eigenvalue weighted by atomic mass is 19.1. The van der Waals surface area contributed by atoms with Crippen LogP contribution in [-0.2, 0) is 9.59 Å². The van der Waals surface area contributed by atoms with Crippen LogP contribution < -0.4 is 4.74 Å². The Hall–Kier alpha value is -3.19. The van der Waals surface area contributed by atoms with Crippen LogP contribution in [0.15, 0.2) is 54.1 Å². The Balaban J connectivity index is 2.04. The summed E-state index contributed by atoms with van der Waals surface area (Å²) in [6.07, 6.45) is 0.900. The predicted octanol–water partition coefficient (Wildman–Crippen LogP) is 5.01. The number of rotatable bonds is 11. The fraction of sp³-hybridized carbons (Fsp3) is 0.429. The van der Waals surface area contributed by atoms with Crippen molar-refractivity contribution < 1.29 is 23.8 Å². The third-order valence-corrected chi connectivity index (χ3v) is 6.35. The number of aliphatic hydroxyl groups excluding tert-OH is 1. The second-order valence-corrected chi connectivity index (χ2v) is 9.13. The Labute approximate surface area is 207 Å². The maximum Gasteiger partial charge on any atom is 0.295 e. The summed E-state index contributed by atoms with van der Waals surface area (Å²) in [7, 11) is 0. The van der Waals surface area contributed by atoms with Gasteiger partial charge in [-0.3, -0.25) is 9.59 Å². The van der Waals surface area contributed by atoms with Crippen LogP contribution >= 0.6 is 0 Å². The zero-order valence-electron chi connectivity index (χ0n) is 21.0. The summed E-state index contributed by atoms with van der Waals surface area (Å²) >= 11 is 0. The Morgan fingerprint density at radius 3 is 2.43 bits per heavy atom. The van der Waals surface area contributed by atoms with E-state index in [9.17, 15) is 19.1 Å². The Morgan fingerprint density at radius 2 is 1.80 bits per heavy atom. The van der Waals surface area contributed by atoms with Gasteiger partial charge in [0.25, 0.3) is 11.7 Å². The third-order valence-electron chi connectivity index (χ3n) is 6.35. The van der Waals surface area contributed by atoms with Crippen molar-refractivity contribution in [2.75, 3.05) is 32.8 Å². The summed E-state index contributed by atoms with van der Waals surface area (Å²) in [5.74, 6) is -1.03. The molecule has 6 nitrogen and oxygen atoms in total. The first kappa shape index (κ1) is 26.4. The normalized spacial score (nSPS) is 17.6. The largest absolute Gasteiger partial charge is 0.507 e. The molecule has 1 aliphatic rings. The summed E-state index contributed by atoms with van der Waals surface area (Å²) in [6, 6.07) is 11.8. The fourth-order valence-corrected chi connectivity index (χ4v) is 4.20. The van der Waals surface area contributed by atoms with Gasteiger partial charge in [-0.05, 0) is 67.4 Å². The molecule has 1 fully saturated rings. The minimum absolute atomic E-state index is 0.000450. The van der Waals surface area contributed by atoms with E-state index in [1.165, 1.54) is 29.2 Å². The first-order chi connectivity index (χ1) is 16.8. The molecule has 0 saturated carbocycles. The molecule has 7 heteroatoms. The number of benzene rings is 2. The molecule has 1 amide bonds. The number of amides is 1. The van der Waals surface area contributed by atoms with Crippen molar-refractivity contribution in [3.05, 3.63) is 71.0 Å². The number of ether oxygens (including phenoxy) is 1. The van der Waals surface area contributed by atoms with Crippen molar-refractivity contribution in [3.63, 3.8) is 0 Å². The zero-order chi connectivity index (χ0) is 25.5.